The summed E-state index contributed by atoms with van der Waals surface area (Å²) in [6.45, 7) is 0. The molecule has 0 aliphatic rings. The third kappa shape index (κ3) is 4.46. The number of nitrogens with zero attached hydrogens (tertiary/aromatic N) is 3. The maximum Gasteiger partial charge on any atom is 0.335 e. The van der Waals surface area contributed by atoms with Gasteiger partial charge in [0.2, 0.25) is 10.3 Å². The van der Waals surface area contributed by atoms with Crippen molar-refractivity contribution >= 4 is 46.4 Å². The molecular weight excluding hydrogens is 400 g/mol. The summed E-state index contributed by atoms with van der Waals surface area (Å²) in [5.74, 6) is -0.838. The number of thioether (sulfide) groups is 1. The van der Waals surface area contributed by atoms with E-state index in [0.29, 0.717) is 27.4 Å². The van der Waals surface area contributed by atoms with Gasteiger partial charge in [0.05, 0.1) is 5.56 Å². The van der Waals surface area contributed by atoms with Gasteiger partial charge >= 0.3 is 5.97 Å². The molecule has 2 N–H and O–H groups in total. The van der Waals surface area contributed by atoms with E-state index in [-0.39, 0.29) is 11.1 Å². The number of carbonyl (C=O) groups is 2. The van der Waals surface area contributed by atoms with E-state index in [2.05, 4.69) is 14.7 Å². The monoisotopic (exact) mass is 412 g/mol. The maximum absolute atomic E-state index is 12.3. The van der Waals surface area contributed by atoms with Crippen molar-refractivity contribution in [3.05, 3.63) is 53.3 Å². The molecule has 3 aromatic rings. The predicted octanol–water partition coefficient (Wildman–Crippen LogP) is 3.76. The highest BCUT2D eigenvalue weighted by molar-refractivity contribution is 7.98. The Bertz CT molecular complexity index is 1090. The fourth-order valence-corrected chi connectivity index (χ4v) is 3.28. The Morgan fingerprint density at radius 1 is 1.29 bits per heavy atom. The number of carbonyl (C=O) groups excluding carboxylic acids is 1. The van der Waals surface area contributed by atoms with Gasteiger partial charge < -0.3 is 9.52 Å². The molecule has 0 bridgehead atoms. The van der Waals surface area contributed by atoms with Crippen LogP contribution in [0.1, 0.15) is 16.1 Å². The molecule has 0 aliphatic carbocycles. The molecule has 2 aromatic heterocycles. The molecule has 0 radical (unpaired) electrons. The quantitative estimate of drug-likeness (QED) is 0.356. The standard InChI is InChI=1S/C18H12N4O4S2/c1-27-18-21-17(28-22-18)20-15(23)12(9-19)8-13-6-7-14(26-13)10-2-4-11(5-3-10)16(24)25/h2-8H,1H3,(H,24,25)(H,20,21,22,23). The molecule has 0 spiro atoms. The van der Waals surface area contributed by atoms with Crippen molar-refractivity contribution in [2.75, 3.05) is 11.6 Å². The largest absolute Gasteiger partial charge is 0.478 e. The van der Waals surface area contributed by atoms with Gasteiger partial charge in [0.1, 0.15) is 23.2 Å². The van der Waals surface area contributed by atoms with Crippen molar-refractivity contribution in [1.82, 2.24) is 9.36 Å². The van der Waals surface area contributed by atoms with E-state index < -0.39 is 11.9 Å². The van der Waals surface area contributed by atoms with E-state index in [1.54, 1.807) is 24.3 Å². The zero-order valence-corrected chi connectivity index (χ0v) is 16.0. The Kier molecular flexibility index (Phi) is 5.88. The summed E-state index contributed by atoms with van der Waals surface area (Å²) in [5.41, 5.74) is 0.689. The van der Waals surface area contributed by atoms with Crippen molar-refractivity contribution in [3.8, 4) is 17.4 Å². The minimum Gasteiger partial charge on any atom is -0.478 e. The number of nitriles is 1. The zero-order valence-electron chi connectivity index (χ0n) is 14.4. The van der Waals surface area contributed by atoms with Gasteiger partial charge in [-0.3, -0.25) is 10.1 Å². The summed E-state index contributed by atoms with van der Waals surface area (Å²) in [4.78, 5) is 27.3. The van der Waals surface area contributed by atoms with E-state index in [1.807, 2.05) is 12.3 Å². The van der Waals surface area contributed by atoms with Crippen LogP contribution in [-0.4, -0.2) is 32.6 Å². The van der Waals surface area contributed by atoms with Gasteiger partial charge in [0.25, 0.3) is 5.91 Å². The highest BCUT2D eigenvalue weighted by Gasteiger charge is 2.14. The first-order valence-corrected chi connectivity index (χ1v) is 9.74. The summed E-state index contributed by atoms with van der Waals surface area (Å²) in [6, 6.07) is 11.3. The Morgan fingerprint density at radius 3 is 2.64 bits per heavy atom. The average Bonchev–Trinajstić information content (AvgIpc) is 3.35. The smallest absolute Gasteiger partial charge is 0.335 e. The molecule has 0 aliphatic heterocycles. The summed E-state index contributed by atoms with van der Waals surface area (Å²) in [6.07, 6.45) is 3.14. The molecule has 8 nitrogen and oxygen atoms in total. The normalized spacial score (nSPS) is 11.1. The molecule has 10 heteroatoms. The highest BCUT2D eigenvalue weighted by atomic mass is 32.2. The van der Waals surface area contributed by atoms with E-state index in [0.717, 1.165) is 11.5 Å². The van der Waals surface area contributed by atoms with Gasteiger partial charge in [-0.15, -0.1) is 0 Å². The van der Waals surface area contributed by atoms with Crippen LogP contribution in [0.15, 0.2) is 51.5 Å². The van der Waals surface area contributed by atoms with Gasteiger partial charge in [-0.1, -0.05) is 23.9 Å². The molecule has 0 atom stereocenters. The number of benzene rings is 1. The van der Waals surface area contributed by atoms with Crippen LogP contribution < -0.4 is 5.32 Å². The summed E-state index contributed by atoms with van der Waals surface area (Å²) >= 11 is 2.37. The van der Waals surface area contributed by atoms with Crippen LogP contribution in [0.4, 0.5) is 5.13 Å². The second-order valence-electron chi connectivity index (χ2n) is 5.29. The molecule has 140 valence electrons. The number of rotatable bonds is 6. The van der Waals surface area contributed by atoms with Crippen molar-refractivity contribution in [2.24, 2.45) is 0 Å². The lowest BCUT2D eigenvalue weighted by atomic mass is 10.1. The zero-order chi connectivity index (χ0) is 20.1. The van der Waals surface area contributed by atoms with Crippen molar-refractivity contribution < 1.29 is 19.1 Å². The van der Waals surface area contributed by atoms with E-state index in [4.69, 9.17) is 9.52 Å². The number of anilines is 1. The van der Waals surface area contributed by atoms with Gasteiger partial charge in [0, 0.05) is 23.2 Å². The lowest BCUT2D eigenvalue weighted by molar-refractivity contribution is -0.112. The Labute approximate surface area is 167 Å². The molecule has 0 unspecified atom stereocenters. The van der Waals surface area contributed by atoms with Crippen LogP contribution in [0.2, 0.25) is 0 Å². The van der Waals surface area contributed by atoms with Crippen LogP contribution in [0.5, 0.6) is 0 Å². The maximum atomic E-state index is 12.3. The van der Waals surface area contributed by atoms with Gasteiger partial charge in [-0.2, -0.15) is 14.6 Å². The number of aromatic nitrogens is 2. The Hall–Kier alpha value is -3.42. The van der Waals surface area contributed by atoms with Crippen molar-refractivity contribution in [3.63, 3.8) is 0 Å². The third-order valence-electron chi connectivity index (χ3n) is 3.51. The summed E-state index contributed by atoms with van der Waals surface area (Å²) in [7, 11) is 0. The molecule has 1 aromatic carbocycles. The molecular formula is C18H12N4O4S2. The molecule has 0 saturated heterocycles. The van der Waals surface area contributed by atoms with E-state index >= 15 is 0 Å². The number of furan rings is 1. The summed E-state index contributed by atoms with van der Waals surface area (Å²) in [5, 5.41) is 21.6. The van der Waals surface area contributed by atoms with Gasteiger partial charge in [-0.25, -0.2) is 4.79 Å². The number of carboxylic acid groups (broad SMARTS) is 1. The number of hydrogen-bond donors (Lipinski definition) is 2. The molecule has 3 rings (SSSR count). The van der Waals surface area contributed by atoms with Crippen LogP contribution in [0.3, 0.4) is 0 Å². The van der Waals surface area contributed by atoms with Gasteiger partial charge in [-0.05, 0) is 30.5 Å². The molecule has 0 fully saturated rings. The average molecular weight is 412 g/mol. The molecule has 0 saturated carbocycles. The molecule has 1 amide bonds. The number of aromatic carboxylic acids is 1. The highest BCUT2D eigenvalue weighted by Crippen LogP contribution is 2.24. The third-order valence-corrected chi connectivity index (χ3v) is 4.80. The molecule has 2 heterocycles. The van der Waals surface area contributed by atoms with E-state index in [1.165, 1.54) is 30.0 Å². The van der Waals surface area contributed by atoms with Crippen LogP contribution >= 0.6 is 23.3 Å². The minimum atomic E-state index is -1.01. The second kappa shape index (κ2) is 8.51. The minimum absolute atomic E-state index is 0.150. The number of hydrogen-bond acceptors (Lipinski definition) is 8. The number of amides is 1. The van der Waals surface area contributed by atoms with Crippen molar-refractivity contribution in [1.29, 1.82) is 5.26 Å². The topological polar surface area (TPSA) is 129 Å². The number of carboxylic acids is 1. The fourth-order valence-electron chi connectivity index (χ4n) is 2.16. The van der Waals surface area contributed by atoms with Crippen molar-refractivity contribution in [2.45, 2.75) is 5.16 Å². The first kappa shape index (κ1) is 19.3. The Morgan fingerprint density at radius 2 is 2.04 bits per heavy atom. The predicted molar refractivity (Wildman–Crippen MR) is 105 cm³/mol. The lowest BCUT2D eigenvalue weighted by Gasteiger charge is -1.99. The number of nitrogens with one attached hydrogen (secondary N) is 1. The first-order valence-electron chi connectivity index (χ1n) is 7.74. The van der Waals surface area contributed by atoms with Crippen LogP contribution in [-0.2, 0) is 4.79 Å². The Balaban J connectivity index is 1.76. The fraction of sp³-hybridized carbons (Fsp3) is 0.0556. The summed E-state index contributed by atoms with van der Waals surface area (Å²) < 4.78 is 9.67. The van der Waals surface area contributed by atoms with E-state index in [9.17, 15) is 14.9 Å². The van der Waals surface area contributed by atoms with Crippen LogP contribution in [0.25, 0.3) is 17.4 Å². The second-order valence-corrected chi connectivity index (χ2v) is 6.82. The lowest BCUT2D eigenvalue weighted by Crippen LogP contribution is -2.13. The first-order chi connectivity index (χ1) is 13.5. The van der Waals surface area contributed by atoms with Gasteiger partial charge in [0.15, 0.2) is 0 Å². The van der Waals surface area contributed by atoms with Crippen LogP contribution in [0, 0.1) is 11.3 Å². The molecule has 28 heavy (non-hydrogen) atoms. The SMILES string of the molecule is CSc1nsc(NC(=O)C(C#N)=Cc2ccc(-c3ccc(C(=O)O)cc3)o2)n1.